The number of nitro groups is 1. The third-order valence-electron chi connectivity index (χ3n) is 2.33. The zero-order chi connectivity index (χ0) is 14.7. The van der Waals surface area contributed by atoms with Crippen LogP contribution in [0.3, 0.4) is 0 Å². The summed E-state index contributed by atoms with van der Waals surface area (Å²) in [4.78, 5) is 13.3. The molecule has 1 heterocycles. The first-order valence-electron chi connectivity index (χ1n) is 5.70. The third kappa shape index (κ3) is 5.79. The number of hydrogen-bond acceptors (Lipinski definition) is 5. The fourth-order valence-electron chi connectivity index (χ4n) is 1.23. The fraction of sp³-hybridized carbons (Fsp3) is 0.500. The summed E-state index contributed by atoms with van der Waals surface area (Å²) in [7, 11) is -4.86. The highest BCUT2D eigenvalue weighted by atomic mass is 32.2. The first-order valence-corrected chi connectivity index (χ1v) is 11.1. The van der Waals surface area contributed by atoms with Crippen molar-refractivity contribution in [1.82, 2.24) is 4.98 Å². The summed E-state index contributed by atoms with van der Waals surface area (Å²) in [6.45, 7) is 6.28. The molecule has 1 N–H and O–H groups in total. The summed E-state index contributed by atoms with van der Waals surface area (Å²) in [5.41, 5.74) is 0.237. The van der Waals surface area contributed by atoms with E-state index >= 15 is 0 Å². The maximum absolute atomic E-state index is 11.8. The van der Waals surface area contributed by atoms with Gasteiger partial charge in [0.25, 0.3) is 0 Å². The lowest BCUT2D eigenvalue weighted by Gasteiger charge is -2.15. The number of nitrogens with zero attached hydrogens (tertiary/aromatic N) is 2. The first kappa shape index (κ1) is 15.6. The number of anilines is 1. The molecule has 0 amide bonds. The second-order valence-electron chi connectivity index (χ2n) is 5.39. The monoisotopic (exact) mass is 303 g/mol. The maximum Gasteiger partial charge on any atom is 0.363 e. The largest absolute Gasteiger partial charge is 0.363 e. The van der Waals surface area contributed by atoms with Gasteiger partial charge < -0.3 is 10.1 Å². The van der Waals surface area contributed by atoms with E-state index < -0.39 is 23.0 Å². The number of rotatable bonds is 6. The first-order chi connectivity index (χ1) is 8.59. The Morgan fingerprint density at radius 3 is 2.42 bits per heavy atom. The van der Waals surface area contributed by atoms with Crippen molar-refractivity contribution in [2.75, 3.05) is 10.5 Å². The maximum atomic E-state index is 11.8. The van der Waals surface area contributed by atoms with Crippen molar-refractivity contribution in [2.45, 2.75) is 25.7 Å². The molecule has 1 aromatic heterocycles. The van der Waals surface area contributed by atoms with Gasteiger partial charge >= 0.3 is 5.82 Å². The highest BCUT2D eigenvalue weighted by Crippen LogP contribution is 2.15. The number of sulfonamides is 1. The van der Waals surface area contributed by atoms with Crippen molar-refractivity contribution in [3.8, 4) is 0 Å². The number of nitrogens with one attached hydrogen (secondary N) is 1. The van der Waals surface area contributed by atoms with Gasteiger partial charge in [0.15, 0.2) is 6.20 Å². The van der Waals surface area contributed by atoms with Crippen LogP contribution in [0.2, 0.25) is 25.7 Å². The molecule has 0 aliphatic carbocycles. The molecule has 0 spiro atoms. The molecule has 0 atom stereocenters. The Morgan fingerprint density at radius 1 is 1.37 bits per heavy atom. The molecule has 0 aliphatic rings. The zero-order valence-corrected chi connectivity index (χ0v) is 12.9. The van der Waals surface area contributed by atoms with Crippen LogP contribution in [0.15, 0.2) is 18.3 Å². The summed E-state index contributed by atoms with van der Waals surface area (Å²) in [6, 6.07) is 3.15. The Balaban J connectivity index is 2.70. The molecule has 106 valence electrons. The Bertz CT molecular complexity index is 551. The molecular weight excluding hydrogens is 286 g/mol. The summed E-state index contributed by atoms with van der Waals surface area (Å²) in [5.74, 6) is -0.260. The van der Waals surface area contributed by atoms with E-state index in [4.69, 9.17) is 0 Å². The van der Waals surface area contributed by atoms with Crippen molar-refractivity contribution in [2.24, 2.45) is 0 Å². The van der Waals surface area contributed by atoms with Crippen LogP contribution >= 0.6 is 0 Å². The molecule has 1 rings (SSSR count). The SMILES string of the molecule is C[Si](C)(C)CCS(=O)(=O)Nc1ccc([N+](=O)[O-])nc1. The fourth-order valence-corrected chi connectivity index (χ4v) is 5.33. The van der Waals surface area contributed by atoms with Gasteiger partial charge in [0, 0.05) is 14.1 Å². The Morgan fingerprint density at radius 2 is 2.00 bits per heavy atom. The van der Waals surface area contributed by atoms with Crippen LogP contribution in [-0.2, 0) is 10.0 Å². The smallest absolute Gasteiger partial charge is 0.358 e. The molecular formula is C10H17N3O4SSi. The minimum atomic E-state index is -3.43. The van der Waals surface area contributed by atoms with Gasteiger partial charge in [0.05, 0.1) is 11.4 Å². The predicted octanol–water partition coefficient (Wildman–Crippen LogP) is 2.07. The summed E-state index contributed by atoms with van der Waals surface area (Å²) < 4.78 is 26.0. The van der Waals surface area contributed by atoms with E-state index in [0.717, 1.165) is 12.3 Å². The van der Waals surface area contributed by atoms with Crippen molar-refractivity contribution in [1.29, 1.82) is 0 Å². The second-order valence-corrected chi connectivity index (χ2v) is 12.9. The average molecular weight is 303 g/mol. The molecule has 0 unspecified atom stereocenters. The number of hydrogen-bond donors (Lipinski definition) is 1. The van der Waals surface area contributed by atoms with Gasteiger partial charge in [0.2, 0.25) is 10.0 Å². The van der Waals surface area contributed by atoms with Crippen LogP contribution < -0.4 is 4.72 Å². The van der Waals surface area contributed by atoms with E-state index in [2.05, 4.69) is 29.3 Å². The topological polar surface area (TPSA) is 102 Å². The Hall–Kier alpha value is -1.48. The van der Waals surface area contributed by atoms with E-state index in [1.54, 1.807) is 0 Å². The average Bonchev–Trinajstić information content (AvgIpc) is 2.26. The van der Waals surface area contributed by atoms with Crippen molar-refractivity contribution in [3.63, 3.8) is 0 Å². The molecule has 0 saturated carbocycles. The molecule has 0 saturated heterocycles. The molecule has 9 heteroatoms. The molecule has 0 bridgehead atoms. The zero-order valence-electron chi connectivity index (χ0n) is 11.1. The minimum Gasteiger partial charge on any atom is -0.358 e. The highest BCUT2D eigenvalue weighted by molar-refractivity contribution is 7.92. The van der Waals surface area contributed by atoms with E-state index in [0.29, 0.717) is 6.04 Å². The van der Waals surface area contributed by atoms with Gasteiger partial charge in [-0.3, -0.25) is 4.72 Å². The Kier molecular flexibility index (Phi) is 4.64. The lowest BCUT2D eigenvalue weighted by atomic mass is 10.4. The van der Waals surface area contributed by atoms with Crippen molar-refractivity contribution in [3.05, 3.63) is 28.4 Å². The van der Waals surface area contributed by atoms with Crippen molar-refractivity contribution >= 4 is 29.6 Å². The van der Waals surface area contributed by atoms with Gasteiger partial charge in [0.1, 0.15) is 0 Å². The quantitative estimate of drug-likeness (QED) is 0.492. The highest BCUT2D eigenvalue weighted by Gasteiger charge is 2.19. The lowest BCUT2D eigenvalue weighted by Crippen LogP contribution is -2.26. The number of pyridine rings is 1. The summed E-state index contributed by atoms with van der Waals surface area (Å²) >= 11 is 0. The normalized spacial score (nSPS) is 12.2. The molecule has 0 aromatic carbocycles. The van der Waals surface area contributed by atoms with Crippen LogP contribution in [0.25, 0.3) is 0 Å². The molecule has 0 radical (unpaired) electrons. The van der Waals surface area contributed by atoms with Crippen molar-refractivity contribution < 1.29 is 13.3 Å². The standard InChI is InChI=1S/C10H17N3O4SSi/c1-19(2,3)7-6-18(16,17)12-9-4-5-10(11-8-9)13(14)15/h4-5,8,12H,6-7H2,1-3H3. The third-order valence-corrected chi connectivity index (χ3v) is 5.73. The van der Waals surface area contributed by atoms with E-state index in [9.17, 15) is 18.5 Å². The van der Waals surface area contributed by atoms with E-state index in [-0.39, 0.29) is 17.3 Å². The van der Waals surface area contributed by atoms with Crippen LogP contribution in [-0.4, -0.2) is 32.2 Å². The molecule has 7 nitrogen and oxygen atoms in total. The van der Waals surface area contributed by atoms with Crippen LogP contribution in [0.5, 0.6) is 0 Å². The van der Waals surface area contributed by atoms with Crippen LogP contribution in [0, 0.1) is 10.1 Å². The minimum absolute atomic E-state index is 0.0553. The molecule has 0 fully saturated rings. The van der Waals surface area contributed by atoms with Gasteiger partial charge in [-0.05, 0) is 22.0 Å². The summed E-state index contributed by atoms with van der Waals surface area (Å²) in [6.07, 6.45) is 1.14. The molecule has 0 aliphatic heterocycles. The molecule has 1 aromatic rings. The lowest BCUT2D eigenvalue weighted by molar-refractivity contribution is -0.389. The van der Waals surface area contributed by atoms with Gasteiger partial charge in [-0.1, -0.05) is 19.6 Å². The van der Waals surface area contributed by atoms with E-state index in [1.165, 1.54) is 6.07 Å². The second kappa shape index (κ2) is 5.66. The van der Waals surface area contributed by atoms with Gasteiger partial charge in [-0.25, -0.2) is 8.42 Å². The summed E-state index contributed by atoms with van der Waals surface area (Å²) in [5, 5.41) is 10.4. The molecule has 19 heavy (non-hydrogen) atoms. The predicted molar refractivity (Wildman–Crippen MR) is 76.5 cm³/mol. The Labute approximate surface area is 113 Å². The van der Waals surface area contributed by atoms with Crippen LogP contribution in [0.4, 0.5) is 11.5 Å². The van der Waals surface area contributed by atoms with Gasteiger partial charge in [-0.15, -0.1) is 0 Å². The van der Waals surface area contributed by atoms with E-state index in [1.807, 2.05) is 0 Å². The number of aromatic nitrogens is 1. The van der Waals surface area contributed by atoms with Gasteiger partial charge in [-0.2, -0.15) is 0 Å². The van der Waals surface area contributed by atoms with Crippen LogP contribution in [0.1, 0.15) is 0 Å².